The molecule has 5 rings (SSSR count). The first-order valence-electron chi connectivity index (χ1n) is 10.5. The smallest absolute Gasteiger partial charge is 0.410 e. The molecule has 7 heteroatoms. The Balaban J connectivity index is 1.33. The molecule has 0 radical (unpaired) electrons. The maximum absolute atomic E-state index is 12.3. The zero-order valence-electron chi connectivity index (χ0n) is 17.1. The summed E-state index contributed by atoms with van der Waals surface area (Å²) in [6.07, 6.45) is 9.94. The summed E-state index contributed by atoms with van der Waals surface area (Å²) in [7, 11) is 1.95. The summed E-state index contributed by atoms with van der Waals surface area (Å²) >= 11 is 0. The Morgan fingerprint density at radius 3 is 2.66 bits per heavy atom. The number of ether oxygens (including phenoxy) is 1. The van der Waals surface area contributed by atoms with Crippen molar-refractivity contribution in [3.8, 4) is 0 Å². The van der Waals surface area contributed by atoms with Crippen molar-refractivity contribution in [2.45, 2.75) is 38.7 Å². The monoisotopic (exact) mass is 393 g/mol. The van der Waals surface area contributed by atoms with Crippen LogP contribution in [0.3, 0.4) is 0 Å². The molecule has 1 amide bonds. The summed E-state index contributed by atoms with van der Waals surface area (Å²) in [4.78, 5) is 21.2. The van der Waals surface area contributed by atoms with Crippen molar-refractivity contribution in [3.63, 3.8) is 0 Å². The summed E-state index contributed by atoms with van der Waals surface area (Å²) in [6, 6.07) is 2.11. The fourth-order valence-electron chi connectivity index (χ4n) is 4.48. The summed E-state index contributed by atoms with van der Waals surface area (Å²) in [5.41, 5.74) is 7.34. The first-order valence-corrected chi connectivity index (χ1v) is 10.5. The van der Waals surface area contributed by atoms with Gasteiger partial charge in [-0.05, 0) is 43.4 Å². The van der Waals surface area contributed by atoms with E-state index in [1.165, 1.54) is 28.8 Å². The van der Waals surface area contributed by atoms with Crippen molar-refractivity contribution in [2.24, 2.45) is 7.05 Å². The van der Waals surface area contributed by atoms with Gasteiger partial charge in [-0.2, -0.15) is 5.10 Å². The fraction of sp³-hybridized carbons (Fsp3) is 0.500. The minimum atomic E-state index is -0.149. The number of rotatable bonds is 3. The van der Waals surface area contributed by atoms with Crippen LogP contribution in [0.15, 0.2) is 24.7 Å². The summed E-state index contributed by atoms with van der Waals surface area (Å²) in [6.45, 7) is 5.20. The summed E-state index contributed by atoms with van der Waals surface area (Å²) < 4.78 is 7.41. The Bertz CT molecular complexity index is 967. The molecule has 0 bridgehead atoms. The molecule has 152 valence electrons. The van der Waals surface area contributed by atoms with E-state index in [1.807, 2.05) is 29.0 Å². The van der Waals surface area contributed by atoms with Gasteiger partial charge in [-0.1, -0.05) is 0 Å². The van der Waals surface area contributed by atoms with Crippen molar-refractivity contribution in [3.05, 3.63) is 41.5 Å². The van der Waals surface area contributed by atoms with E-state index in [4.69, 9.17) is 4.74 Å². The van der Waals surface area contributed by atoms with Crippen LogP contribution in [-0.4, -0.2) is 58.0 Å². The molecule has 0 unspecified atom stereocenters. The van der Waals surface area contributed by atoms with E-state index >= 15 is 0 Å². The largest absolute Gasteiger partial charge is 0.446 e. The quantitative estimate of drug-likeness (QED) is 0.802. The second-order valence-corrected chi connectivity index (χ2v) is 8.25. The lowest BCUT2D eigenvalue weighted by molar-refractivity contribution is 0.0259. The van der Waals surface area contributed by atoms with Gasteiger partial charge in [-0.25, -0.2) is 4.79 Å². The van der Waals surface area contributed by atoms with Gasteiger partial charge in [0.2, 0.25) is 0 Å². The van der Waals surface area contributed by atoms with Gasteiger partial charge in [0.15, 0.2) is 0 Å². The molecule has 1 saturated carbocycles. The van der Waals surface area contributed by atoms with E-state index in [0.29, 0.717) is 13.1 Å². The second kappa shape index (κ2) is 7.21. The van der Waals surface area contributed by atoms with E-state index in [0.717, 1.165) is 43.6 Å². The summed E-state index contributed by atoms with van der Waals surface area (Å²) in [5.74, 6) is 0. The normalized spacial score (nSPS) is 19.4. The molecule has 2 aromatic heterocycles. The van der Waals surface area contributed by atoms with Crippen LogP contribution in [0.2, 0.25) is 0 Å². The molecule has 3 heterocycles. The van der Waals surface area contributed by atoms with Crippen LogP contribution in [-0.2, 0) is 18.2 Å². The number of pyridine rings is 1. The number of carbonyl (C=O) groups excluding carboxylic acids is 1. The van der Waals surface area contributed by atoms with Crippen molar-refractivity contribution >= 4 is 22.9 Å². The van der Waals surface area contributed by atoms with Crippen LogP contribution in [0.25, 0.3) is 11.1 Å². The average molecular weight is 393 g/mol. The number of carbonyl (C=O) groups is 1. The van der Waals surface area contributed by atoms with Crippen molar-refractivity contribution in [1.82, 2.24) is 19.7 Å². The number of nitrogens with zero attached hydrogens (tertiary/aromatic N) is 5. The van der Waals surface area contributed by atoms with Gasteiger partial charge in [0.25, 0.3) is 0 Å². The maximum Gasteiger partial charge on any atom is 0.410 e. The average Bonchev–Trinajstić information content (AvgIpc) is 3.28. The molecule has 2 aromatic rings. The maximum atomic E-state index is 12.3. The van der Waals surface area contributed by atoms with Gasteiger partial charge in [0.1, 0.15) is 6.10 Å². The van der Waals surface area contributed by atoms with Gasteiger partial charge < -0.3 is 14.5 Å². The van der Waals surface area contributed by atoms with E-state index in [2.05, 4.69) is 34.2 Å². The van der Waals surface area contributed by atoms with Gasteiger partial charge in [0, 0.05) is 68.9 Å². The lowest BCUT2D eigenvalue weighted by Crippen LogP contribution is -2.50. The Morgan fingerprint density at radius 2 is 2.00 bits per heavy atom. The van der Waals surface area contributed by atoms with Gasteiger partial charge >= 0.3 is 6.09 Å². The van der Waals surface area contributed by atoms with Crippen LogP contribution in [0, 0.1) is 0 Å². The third-order valence-electron chi connectivity index (χ3n) is 6.43. The Kier molecular flexibility index (Phi) is 4.53. The van der Waals surface area contributed by atoms with E-state index in [-0.39, 0.29) is 12.2 Å². The third kappa shape index (κ3) is 3.28. The molecule has 2 fully saturated rings. The highest BCUT2D eigenvalue weighted by molar-refractivity contribution is 5.99. The number of aryl methyl sites for hydroxylation is 1. The van der Waals surface area contributed by atoms with Crippen LogP contribution < -0.4 is 4.90 Å². The highest BCUT2D eigenvalue weighted by atomic mass is 16.6. The van der Waals surface area contributed by atoms with E-state index in [1.54, 1.807) is 0 Å². The van der Waals surface area contributed by atoms with Crippen LogP contribution in [0.5, 0.6) is 0 Å². The number of hydrogen-bond donors (Lipinski definition) is 0. The van der Waals surface area contributed by atoms with E-state index < -0.39 is 0 Å². The Morgan fingerprint density at radius 1 is 1.21 bits per heavy atom. The van der Waals surface area contributed by atoms with Crippen LogP contribution in [0.1, 0.15) is 43.0 Å². The predicted molar refractivity (Wildman–Crippen MR) is 112 cm³/mol. The number of piperazine rings is 1. The highest BCUT2D eigenvalue weighted by Gasteiger charge is 2.30. The first kappa shape index (κ1) is 18.2. The SMILES string of the molecule is CC1=C(c2cnn(C)c2)Cc2nccc(N3CCN(C(=O)OC4CCC4)CC3)c21. The number of anilines is 1. The lowest BCUT2D eigenvalue weighted by atomic mass is 9.96. The van der Waals surface area contributed by atoms with Crippen molar-refractivity contribution in [2.75, 3.05) is 31.1 Å². The second-order valence-electron chi connectivity index (χ2n) is 8.25. The summed E-state index contributed by atoms with van der Waals surface area (Å²) in [5, 5.41) is 4.33. The Hall–Kier alpha value is -2.83. The lowest BCUT2D eigenvalue weighted by Gasteiger charge is -2.37. The molecule has 7 nitrogen and oxygen atoms in total. The molecule has 1 aliphatic heterocycles. The molecule has 0 N–H and O–H groups in total. The fourth-order valence-corrected chi connectivity index (χ4v) is 4.48. The standard InChI is InChI=1S/C22H27N5O2/c1-15-18(16-13-24-25(2)14-16)12-19-21(15)20(6-7-23-19)26-8-10-27(11-9-26)22(28)29-17-4-3-5-17/h6-7,13-14,17H,3-5,8-12H2,1-2H3. The molecule has 1 saturated heterocycles. The minimum absolute atomic E-state index is 0.141. The van der Waals surface area contributed by atoms with Crippen LogP contribution >= 0.6 is 0 Å². The molecule has 0 spiro atoms. The minimum Gasteiger partial charge on any atom is -0.446 e. The third-order valence-corrected chi connectivity index (χ3v) is 6.43. The van der Waals surface area contributed by atoms with Crippen molar-refractivity contribution < 1.29 is 9.53 Å². The molecular formula is C22H27N5O2. The highest BCUT2D eigenvalue weighted by Crippen LogP contribution is 2.42. The number of fused-ring (bicyclic) bond motifs is 1. The molecule has 0 atom stereocenters. The van der Waals surface area contributed by atoms with Crippen LogP contribution in [0.4, 0.5) is 10.5 Å². The molecule has 0 aromatic carbocycles. The zero-order valence-corrected chi connectivity index (χ0v) is 17.1. The Labute approximate surface area is 171 Å². The van der Waals surface area contributed by atoms with Gasteiger partial charge in [0.05, 0.1) is 11.9 Å². The zero-order chi connectivity index (χ0) is 20.0. The number of allylic oxidation sites excluding steroid dienone is 2. The predicted octanol–water partition coefficient (Wildman–Crippen LogP) is 3.11. The van der Waals surface area contributed by atoms with E-state index in [9.17, 15) is 4.79 Å². The first-order chi connectivity index (χ1) is 14.1. The van der Waals surface area contributed by atoms with Gasteiger partial charge in [-0.3, -0.25) is 9.67 Å². The number of amides is 1. The number of aromatic nitrogens is 3. The topological polar surface area (TPSA) is 63.5 Å². The molecular weight excluding hydrogens is 366 g/mol. The molecule has 3 aliphatic rings. The number of hydrogen-bond acceptors (Lipinski definition) is 5. The molecule has 29 heavy (non-hydrogen) atoms. The van der Waals surface area contributed by atoms with Gasteiger partial charge in [-0.15, -0.1) is 0 Å². The van der Waals surface area contributed by atoms with Crippen molar-refractivity contribution in [1.29, 1.82) is 0 Å². The molecule has 2 aliphatic carbocycles.